The zero-order valence-corrected chi connectivity index (χ0v) is 8.67. The Bertz CT molecular complexity index is 172. The van der Waals surface area contributed by atoms with E-state index in [9.17, 15) is 4.79 Å². The maximum Gasteiger partial charge on any atom is 0.223 e. The summed E-state index contributed by atoms with van der Waals surface area (Å²) in [6.45, 7) is 6.73. The first-order chi connectivity index (χ1) is 6.13. The van der Waals surface area contributed by atoms with Gasteiger partial charge in [-0.05, 0) is 33.6 Å². The van der Waals surface area contributed by atoms with Crippen LogP contribution in [0.4, 0.5) is 0 Å². The van der Waals surface area contributed by atoms with Crippen LogP contribution in [0.2, 0.25) is 0 Å². The van der Waals surface area contributed by atoms with Crippen molar-refractivity contribution in [3.05, 3.63) is 0 Å². The van der Waals surface area contributed by atoms with Crippen molar-refractivity contribution >= 4 is 5.91 Å². The Morgan fingerprint density at radius 3 is 2.38 bits per heavy atom. The smallest absolute Gasteiger partial charge is 0.223 e. The molecule has 3 heteroatoms. The molecule has 3 atom stereocenters. The Kier molecular flexibility index (Phi) is 3.72. The number of rotatable bonds is 2. The molecule has 1 saturated heterocycles. The van der Waals surface area contributed by atoms with Crippen LogP contribution in [0.5, 0.6) is 0 Å². The summed E-state index contributed by atoms with van der Waals surface area (Å²) in [4.78, 5) is 11.5. The molecule has 0 aliphatic carbocycles. The van der Waals surface area contributed by atoms with Gasteiger partial charge in [-0.3, -0.25) is 4.79 Å². The van der Waals surface area contributed by atoms with Gasteiger partial charge in [-0.25, -0.2) is 0 Å². The minimum absolute atomic E-state index is 0.152. The molecular weight excluding hydrogens is 166 g/mol. The first kappa shape index (κ1) is 10.5. The molecule has 1 fully saturated rings. The first-order valence-electron chi connectivity index (χ1n) is 5.06. The minimum atomic E-state index is 0.152. The van der Waals surface area contributed by atoms with Crippen molar-refractivity contribution < 1.29 is 9.53 Å². The summed E-state index contributed by atoms with van der Waals surface area (Å²) in [6, 6.07) is 0. The maximum atomic E-state index is 11.5. The van der Waals surface area contributed by atoms with Crippen LogP contribution < -0.4 is 5.32 Å². The minimum Gasteiger partial charge on any atom is -0.376 e. The van der Waals surface area contributed by atoms with Crippen LogP contribution in [0, 0.1) is 5.92 Å². The standard InChI is InChI=1S/C10H19NO2/c1-4-11-10(12)9-5-7(2)13-8(3)6-9/h7-9H,4-6H2,1-3H3,(H,11,12)/t7-,8+,9?. The lowest BCUT2D eigenvalue weighted by molar-refractivity contribution is -0.132. The summed E-state index contributed by atoms with van der Waals surface area (Å²) < 4.78 is 5.56. The van der Waals surface area contributed by atoms with Gasteiger partial charge in [-0.15, -0.1) is 0 Å². The van der Waals surface area contributed by atoms with Gasteiger partial charge >= 0.3 is 0 Å². The Morgan fingerprint density at radius 2 is 1.92 bits per heavy atom. The molecule has 0 bridgehead atoms. The molecule has 1 heterocycles. The Hall–Kier alpha value is -0.570. The van der Waals surface area contributed by atoms with Gasteiger partial charge in [-0.2, -0.15) is 0 Å². The van der Waals surface area contributed by atoms with Crippen molar-refractivity contribution in [2.24, 2.45) is 5.92 Å². The predicted octanol–water partition coefficient (Wildman–Crippen LogP) is 1.33. The van der Waals surface area contributed by atoms with E-state index in [1.165, 1.54) is 0 Å². The topological polar surface area (TPSA) is 38.3 Å². The highest BCUT2D eigenvalue weighted by atomic mass is 16.5. The van der Waals surface area contributed by atoms with E-state index in [1.807, 2.05) is 20.8 Å². The van der Waals surface area contributed by atoms with Gasteiger partial charge < -0.3 is 10.1 Å². The molecule has 3 nitrogen and oxygen atoms in total. The summed E-state index contributed by atoms with van der Waals surface area (Å²) in [7, 11) is 0. The number of carbonyl (C=O) groups excluding carboxylic acids is 1. The maximum absolute atomic E-state index is 11.5. The number of nitrogens with one attached hydrogen (secondary N) is 1. The summed E-state index contributed by atoms with van der Waals surface area (Å²) in [5.41, 5.74) is 0. The molecule has 1 rings (SSSR count). The van der Waals surface area contributed by atoms with Crippen molar-refractivity contribution in [1.82, 2.24) is 5.32 Å². The average Bonchev–Trinajstić information content (AvgIpc) is 2.03. The number of amides is 1. The summed E-state index contributed by atoms with van der Waals surface area (Å²) in [5, 5.41) is 2.86. The third-order valence-electron chi connectivity index (χ3n) is 2.42. The highest BCUT2D eigenvalue weighted by Gasteiger charge is 2.28. The van der Waals surface area contributed by atoms with Crippen molar-refractivity contribution in [3.63, 3.8) is 0 Å². The molecule has 0 aromatic heterocycles. The van der Waals surface area contributed by atoms with Crippen LogP contribution in [-0.4, -0.2) is 24.7 Å². The van der Waals surface area contributed by atoms with Crippen molar-refractivity contribution in [1.29, 1.82) is 0 Å². The fourth-order valence-electron chi connectivity index (χ4n) is 1.94. The highest BCUT2D eigenvalue weighted by Crippen LogP contribution is 2.24. The van der Waals surface area contributed by atoms with E-state index >= 15 is 0 Å². The van der Waals surface area contributed by atoms with Crippen LogP contribution in [0.25, 0.3) is 0 Å². The molecule has 1 N–H and O–H groups in total. The molecule has 1 unspecified atom stereocenters. The molecule has 0 saturated carbocycles. The summed E-state index contributed by atoms with van der Waals surface area (Å²) in [6.07, 6.45) is 2.15. The fraction of sp³-hybridized carbons (Fsp3) is 0.900. The average molecular weight is 185 g/mol. The molecule has 0 aromatic carbocycles. The number of carbonyl (C=O) groups is 1. The van der Waals surface area contributed by atoms with Gasteiger partial charge in [0.2, 0.25) is 5.91 Å². The lowest BCUT2D eigenvalue weighted by atomic mass is 9.92. The normalized spacial score (nSPS) is 34.2. The number of hydrogen-bond acceptors (Lipinski definition) is 2. The molecule has 0 spiro atoms. The van der Waals surface area contributed by atoms with Gasteiger partial charge in [0, 0.05) is 12.5 Å². The van der Waals surface area contributed by atoms with Crippen molar-refractivity contribution in [3.8, 4) is 0 Å². The quantitative estimate of drug-likeness (QED) is 0.704. The lowest BCUT2D eigenvalue weighted by Crippen LogP contribution is -2.39. The SMILES string of the molecule is CCNC(=O)C1C[C@@H](C)O[C@@H](C)C1. The molecule has 1 aliphatic rings. The highest BCUT2D eigenvalue weighted by molar-refractivity contribution is 5.78. The molecule has 1 aliphatic heterocycles. The second-order valence-corrected chi connectivity index (χ2v) is 3.82. The van der Waals surface area contributed by atoms with E-state index in [4.69, 9.17) is 4.74 Å². The lowest BCUT2D eigenvalue weighted by Gasteiger charge is -2.31. The van der Waals surface area contributed by atoms with E-state index in [0.717, 1.165) is 19.4 Å². The fourth-order valence-corrected chi connectivity index (χ4v) is 1.94. The van der Waals surface area contributed by atoms with Gasteiger partial charge in [0.1, 0.15) is 0 Å². The Labute approximate surface area is 79.8 Å². The summed E-state index contributed by atoms with van der Waals surface area (Å²) in [5.74, 6) is 0.336. The molecule has 0 aromatic rings. The largest absolute Gasteiger partial charge is 0.376 e. The predicted molar refractivity (Wildman–Crippen MR) is 51.4 cm³/mol. The van der Waals surface area contributed by atoms with Crippen LogP contribution in [0.15, 0.2) is 0 Å². The third kappa shape index (κ3) is 2.99. The summed E-state index contributed by atoms with van der Waals surface area (Å²) >= 11 is 0. The molecule has 1 amide bonds. The van der Waals surface area contributed by atoms with Crippen molar-refractivity contribution in [2.45, 2.75) is 45.8 Å². The molecule has 76 valence electrons. The second-order valence-electron chi connectivity index (χ2n) is 3.82. The monoisotopic (exact) mass is 185 g/mol. The van der Waals surface area contributed by atoms with E-state index in [0.29, 0.717) is 0 Å². The Balaban J connectivity index is 2.45. The Morgan fingerprint density at radius 1 is 1.38 bits per heavy atom. The van der Waals surface area contributed by atoms with Crippen LogP contribution in [-0.2, 0) is 9.53 Å². The zero-order chi connectivity index (χ0) is 9.84. The van der Waals surface area contributed by atoms with Crippen LogP contribution in [0.1, 0.15) is 33.6 Å². The first-order valence-corrected chi connectivity index (χ1v) is 5.06. The van der Waals surface area contributed by atoms with Crippen molar-refractivity contribution in [2.75, 3.05) is 6.54 Å². The van der Waals surface area contributed by atoms with E-state index < -0.39 is 0 Å². The van der Waals surface area contributed by atoms with Gasteiger partial charge in [0.25, 0.3) is 0 Å². The van der Waals surface area contributed by atoms with Crippen LogP contribution in [0.3, 0.4) is 0 Å². The zero-order valence-electron chi connectivity index (χ0n) is 8.67. The number of ether oxygens (including phenoxy) is 1. The molecular formula is C10H19NO2. The van der Waals surface area contributed by atoms with Gasteiger partial charge in [0.05, 0.1) is 12.2 Å². The van der Waals surface area contributed by atoms with Crippen LogP contribution >= 0.6 is 0 Å². The number of hydrogen-bond donors (Lipinski definition) is 1. The van der Waals surface area contributed by atoms with E-state index in [1.54, 1.807) is 0 Å². The molecule has 13 heavy (non-hydrogen) atoms. The van der Waals surface area contributed by atoms with E-state index in [-0.39, 0.29) is 24.0 Å². The third-order valence-corrected chi connectivity index (χ3v) is 2.42. The van der Waals surface area contributed by atoms with Gasteiger partial charge in [-0.1, -0.05) is 0 Å². The van der Waals surface area contributed by atoms with Gasteiger partial charge in [0.15, 0.2) is 0 Å². The van der Waals surface area contributed by atoms with E-state index in [2.05, 4.69) is 5.32 Å². The molecule has 0 radical (unpaired) electrons. The second kappa shape index (κ2) is 4.61.